The molecule has 0 bridgehead atoms. The van der Waals surface area contributed by atoms with Gasteiger partial charge in [0.15, 0.2) is 0 Å². The zero-order valence-electron chi connectivity index (χ0n) is 11.3. The van der Waals surface area contributed by atoms with Gasteiger partial charge in [-0.15, -0.1) is 0 Å². The lowest BCUT2D eigenvalue weighted by Crippen LogP contribution is -2.20. The number of aryl methyl sites for hydroxylation is 1. The van der Waals surface area contributed by atoms with Gasteiger partial charge in [0.05, 0.1) is 10.7 Å². The summed E-state index contributed by atoms with van der Waals surface area (Å²) >= 11 is 5.87. The molecule has 0 aromatic carbocycles. The minimum atomic E-state index is -3.85. The van der Waals surface area contributed by atoms with E-state index in [1.807, 2.05) is 6.92 Å². The molecule has 0 radical (unpaired) electrons. The van der Waals surface area contributed by atoms with E-state index in [2.05, 4.69) is 9.71 Å². The van der Waals surface area contributed by atoms with Crippen LogP contribution in [-0.2, 0) is 16.6 Å². The molecule has 0 unspecified atom stereocenters. The summed E-state index contributed by atoms with van der Waals surface area (Å²) in [6.07, 6.45) is 4.81. The highest BCUT2D eigenvalue weighted by molar-refractivity contribution is 7.92. The predicted molar refractivity (Wildman–Crippen MR) is 81.0 cm³/mol. The largest absolute Gasteiger partial charge is 0.313 e. The van der Waals surface area contributed by atoms with E-state index < -0.39 is 10.0 Å². The molecule has 0 aliphatic carbocycles. The van der Waals surface area contributed by atoms with Gasteiger partial charge < -0.3 is 4.57 Å². The van der Waals surface area contributed by atoms with Crippen molar-refractivity contribution in [3.63, 3.8) is 0 Å². The molecule has 0 atom stereocenters. The van der Waals surface area contributed by atoms with Crippen molar-refractivity contribution in [2.75, 3.05) is 4.72 Å². The summed E-state index contributed by atoms with van der Waals surface area (Å²) in [6, 6.07) is 4.13. The van der Waals surface area contributed by atoms with E-state index in [1.54, 1.807) is 0 Å². The zero-order chi connectivity index (χ0) is 15.5. The van der Waals surface area contributed by atoms with Gasteiger partial charge in [-0.05, 0) is 18.6 Å². The van der Waals surface area contributed by atoms with E-state index in [1.165, 1.54) is 41.4 Å². The lowest BCUT2D eigenvalue weighted by molar-refractivity contribution is 0.600. The van der Waals surface area contributed by atoms with Crippen molar-refractivity contribution in [3.8, 4) is 0 Å². The molecule has 1 N–H and O–H groups in total. The predicted octanol–water partition coefficient (Wildman–Crippen LogP) is 2.11. The van der Waals surface area contributed by atoms with E-state index >= 15 is 0 Å². The quantitative estimate of drug-likeness (QED) is 0.912. The van der Waals surface area contributed by atoms with Gasteiger partial charge in [0.25, 0.3) is 15.6 Å². The fourth-order valence-corrected chi connectivity index (χ4v) is 3.25. The molecule has 21 heavy (non-hydrogen) atoms. The molecule has 0 saturated carbocycles. The summed E-state index contributed by atoms with van der Waals surface area (Å²) in [6.45, 7) is 2.45. The molecule has 0 fully saturated rings. The highest BCUT2D eigenvalue weighted by Gasteiger charge is 2.18. The summed E-state index contributed by atoms with van der Waals surface area (Å²) in [5.74, 6) is 0. The van der Waals surface area contributed by atoms with Crippen molar-refractivity contribution in [1.82, 2.24) is 9.55 Å². The molecule has 0 amide bonds. The zero-order valence-corrected chi connectivity index (χ0v) is 12.9. The average molecular weight is 328 g/mol. The van der Waals surface area contributed by atoms with E-state index in [0.717, 1.165) is 6.42 Å². The van der Waals surface area contributed by atoms with E-state index in [4.69, 9.17) is 11.6 Å². The van der Waals surface area contributed by atoms with Crippen molar-refractivity contribution in [3.05, 3.63) is 52.2 Å². The molecule has 0 saturated heterocycles. The molecule has 112 valence electrons. The SMILES string of the molecule is CCCn1cc(NS(=O)(=O)c2cnccc2Cl)ccc1=O. The Morgan fingerprint density at radius 2 is 2.10 bits per heavy atom. The van der Waals surface area contributed by atoms with Crippen LogP contribution in [0.3, 0.4) is 0 Å². The smallest absolute Gasteiger partial charge is 0.264 e. The minimum absolute atomic E-state index is 0.0828. The van der Waals surface area contributed by atoms with Crippen LogP contribution in [0.1, 0.15) is 13.3 Å². The molecule has 2 aromatic rings. The molecule has 0 aliphatic rings. The maximum Gasteiger partial charge on any atom is 0.264 e. The molecular weight excluding hydrogens is 314 g/mol. The Hall–Kier alpha value is -1.86. The van der Waals surface area contributed by atoms with Crippen LogP contribution in [0.15, 0.2) is 46.5 Å². The molecule has 0 aliphatic heterocycles. The number of pyridine rings is 2. The number of nitrogens with one attached hydrogen (secondary N) is 1. The summed E-state index contributed by atoms with van der Waals surface area (Å²) in [4.78, 5) is 15.3. The van der Waals surface area contributed by atoms with Gasteiger partial charge in [0.2, 0.25) is 0 Å². The van der Waals surface area contributed by atoms with Crippen molar-refractivity contribution in [2.24, 2.45) is 0 Å². The fraction of sp³-hybridized carbons (Fsp3) is 0.231. The van der Waals surface area contributed by atoms with Gasteiger partial charge in [-0.3, -0.25) is 14.5 Å². The number of hydrogen-bond acceptors (Lipinski definition) is 4. The Bertz CT molecular complexity index is 802. The van der Waals surface area contributed by atoms with Gasteiger partial charge in [-0.1, -0.05) is 18.5 Å². The van der Waals surface area contributed by atoms with Crippen LogP contribution in [0.5, 0.6) is 0 Å². The lowest BCUT2D eigenvalue weighted by Gasteiger charge is -2.11. The topological polar surface area (TPSA) is 81.1 Å². The molecule has 0 spiro atoms. The number of anilines is 1. The number of hydrogen-bond donors (Lipinski definition) is 1. The van der Waals surface area contributed by atoms with Crippen molar-refractivity contribution in [1.29, 1.82) is 0 Å². The third-order valence-corrected chi connectivity index (χ3v) is 4.57. The Kier molecular flexibility index (Phi) is 4.64. The average Bonchev–Trinajstić information content (AvgIpc) is 2.43. The maximum atomic E-state index is 12.3. The van der Waals surface area contributed by atoms with Crippen molar-refractivity contribution >= 4 is 27.3 Å². The van der Waals surface area contributed by atoms with E-state index in [-0.39, 0.29) is 15.5 Å². The highest BCUT2D eigenvalue weighted by atomic mass is 35.5. The normalized spacial score (nSPS) is 11.3. The molecule has 2 heterocycles. The Morgan fingerprint density at radius 3 is 2.76 bits per heavy atom. The molecule has 2 rings (SSSR count). The summed E-state index contributed by atoms with van der Waals surface area (Å²) in [5, 5.41) is 0.0828. The Balaban J connectivity index is 2.35. The highest BCUT2D eigenvalue weighted by Crippen LogP contribution is 2.21. The van der Waals surface area contributed by atoms with Gasteiger partial charge in [-0.25, -0.2) is 8.42 Å². The van der Waals surface area contributed by atoms with Crippen LogP contribution >= 0.6 is 11.6 Å². The van der Waals surface area contributed by atoms with Crippen LogP contribution in [0.25, 0.3) is 0 Å². The maximum absolute atomic E-state index is 12.3. The third-order valence-electron chi connectivity index (χ3n) is 2.72. The van der Waals surface area contributed by atoms with Gasteiger partial charge in [0.1, 0.15) is 4.90 Å². The first-order chi connectivity index (χ1) is 9.94. The number of halogens is 1. The Labute approximate surface area is 127 Å². The van der Waals surface area contributed by atoms with Crippen LogP contribution < -0.4 is 10.3 Å². The molecular formula is C13H14ClN3O3S. The van der Waals surface area contributed by atoms with Gasteiger partial charge in [-0.2, -0.15) is 0 Å². The first kappa shape index (κ1) is 15.5. The summed E-state index contributed by atoms with van der Waals surface area (Å²) in [7, 11) is -3.85. The second-order valence-corrected chi connectivity index (χ2v) is 6.42. The Morgan fingerprint density at radius 1 is 1.33 bits per heavy atom. The summed E-state index contributed by atoms with van der Waals surface area (Å²) < 4.78 is 28.3. The number of sulfonamides is 1. The minimum Gasteiger partial charge on any atom is -0.313 e. The van der Waals surface area contributed by atoms with Crippen molar-refractivity contribution < 1.29 is 8.42 Å². The number of rotatable bonds is 5. The second-order valence-electron chi connectivity index (χ2n) is 4.36. The summed E-state index contributed by atoms with van der Waals surface area (Å²) in [5.41, 5.74) is 0.113. The van der Waals surface area contributed by atoms with Crippen LogP contribution in [-0.4, -0.2) is 18.0 Å². The second kappa shape index (κ2) is 6.28. The van der Waals surface area contributed by atoms with Gasteiger partial charge in [0, 0.05) is 31.2 Å². The van der Waals surface area contributed by atoms with Crippen LogP contribution in [0, 0.1) is 0 Å². The lowest BCUT2D eigenvalue weighted by atomic mass is 10.4. The van der Waals surface area contributed by atoms with Crippen LogP contribution in [0.4, 0.5) is 5.69 Å². The van der Waals surface area contributed by atoms with Crippen LogP contribution in [0.2, 0.25) is 5.02 Å². The first-order valence-corrected chi connectivity index (χ1v) is 8.13. The van der Waals surface area contributed by atoms with Crippen molar-refractivity contribution in [2.45, 2.75) is 24.8 Å². The fourth-order valence-electron chi connectivity index (χ4n) is 1.78. The monoisotopic (exact) mass is 327 g/mol. The number of aromatic nitrogens is 2. The molecule has 8 heteroatoms. The molecule has 6 nitrogen and oxygen atoms in total. The first-order valence-electron chi connectivity index (χ1n) is 6.27. The molecule has 2 aromatic heterocycles. The van der Waals surface area contributed by atoms with E-state index in [0.29, 0.717) is 12.2 Å². The standard InChI is InChI=1S/C13H14ClN3O3S/c1-2-7-17-9-10(3-4-13(17)18)16-21(19,20)12-8-15-6-5-11(12)14/h3-6,8-9,16H,2,7H2,1H3. The number of nitrogens with zero attached hydrogens (tertiary/aromatic N) is 2. The van der Waals surface area contributed by atoms with Gasteiger partial charge >= 0.3 is 0 Å². The van der Waals surface area contributed by atoms with E-state index in [9.17, 15) is 13.2 Å². The third kappa shape index (κ3) is 3.62.